The van der Waals surface area contributed by atoms with Crippen LogP contribution in [0.2, 0.25) is 5.15 Å². The van der Waals surface area contributed by atoms with Crippen LogP contribution in [0.15, 0.2) is 71.1 Å². The highest BCUT2D eigenvalue weighted by atomic mass is 35.5. The lowest BCUT2D eigenvalue weighted by molar-refractivity contribution is -0.384. The van der Waals surface area contributed by atoms with Gasteiger partial charge in [-0.1, -0.05) is 49.2 Å². The minimum atomic E-state index is -1.10. The maximum Gasteiger partial charge on any atom is 0.292 e. The zero-order chi connectivity index (χ0) is 30.6. The zero-order valence-electron chi connectivity index (χ0n) is 23.0. The summed E-state index contributed by atoms with van der Waals surface area (Å²) in [7, 11) is 0. The number of imidazole rings is 1. The number of para-hydroxylation sites is 4. The number of nitrogens with zero attached hydrogens (tertiary/aromatic N) is 3. The maximum atomic E-state index is 13.9. The number of dihydropyridines is 1. The molecule has 2 aromatic carbocycles. The third-order valence-electron chi connectivity index (χ3n) is 6.74. The molecule has 0 saturated carbocycles. The van der Waals surface area contributed by atoms with Crippen molar-refractivity contribution in [2.24, 2.45) is 0 Å². The molecule has 3 aromatic rings. The van der Waals surface area contributed by atoms with Crippen molar-refractivity contribution in [2.45, 2.75) is 46.0 Å². The Morgan fingerprint density at radius 3 is 1.83 bits per heavy atom. The highest BCUT2D eigenvalue weighted by Gasteiger charge is 2.40. The Bertz CT molecular complexity index is 1550. The van der Waals surface area contributed by atoms with Gasteiger partial charge in [-0.15, -0.1) is 0 Å². The van der Waals surface area contributed by atoms with Crippen LogP contribution in [0.5, 0.6) is 0 Å². The molecule has 0 unspecified atom stereocenters. The SMILES string of the molecule is CCCCc1nc(Cl)c(C2C(C(=O)Nc3ccccc3[N+](=O)[O-])=C(C)NC(C)=C2C(=O)Nc2ccccc2[N+](=O)[O-])[nH]1. The number of benzene rings is 2. The smallest absolute Gasteiger partial charge is 0.292 e. The summed E-state index contributed by atoms with van der Waals surface area (Å²) in [6.07, 6.45) is 2.28. The number of allylic oxidation sites excluding steroid dienone is 2. The molecule has 42 heavy (non-hydrogen) atoms. The van der Waals surface area contributed by atoms with Crippen molar-refractivity contribution in [3.05, 3.63) is 108 Å². The minimum Gasteiger partial charge on any atom is -0.362 e. The summed E-state index contributed by atoms with van der Waals surface area (Å²) in [5.41, 5.74) is 0.416. The number of aromatic nitrogens is 2. The quantitative estimate of drug-likeness (QED) is 0.169. The lowest BCUT2D eigenvalue weighted by Gasteiger charge is -2.30. The molecule has 4 N–H and O–H groups in total. The second-order valence-electron chi connectivity index (χ2n) is 9.58. The summed E-state index contributed by atoms with van der Waals surface area (Å²) in [6, 6.07) is 11.3. The second kappa shape index (κ2) is 12.6. The molecule has 0 spiro atoms. The molecule has 0 aliphatic carbocycles. The van der Waals surface area contributed by atoms with E-state index in [1.165, 1.54) is 36.4 Å². The van der Waals surface area contributed by atoms with Crippen LogP contribution < -0.4 is 16.0 Å². The van der Waals surface area contributed by atoms with Crippen LogP contribution in [-0.4, -0.2) is 31.6 Å². The molecule has 14 heteroatoms. The maximum absolute atomic E-state index is 13.9. The van der Waals surface area contributed by atoms with Crippen molar-refractivity contribution < 1.29 is 19.4 Å². The Hall–Kier alpha value is -5.04. The summed E-state index contributed by atoms with van der Waals surface area (Å²) < 4.78 is 0. The fourth-order valence-electron chi connectivity index (χ4n) is 4.81. The van der Waals surface area contributed by atoms with Crippen LogP contribution >= 0.6 is 11.6 Å². The molecule has 1 aliphatic rings. The number of nitro groups is 2. The van der Waals surface area contributed by atoms with E-state index >= 15 is 0 Å². The first-order chi connectivity index (χ1) is 20.0. The van der Waals surface area contributed by atoms with E-state index in [0.717, 1.165) is 12.8 Å². The topological polar surface area (TPSA) is 185 Å². The fraction of sp³-hybridized carbons (Fsp3) is 0.250. The normalized spacial score (nSPS) is 13.5. The molecule has 218 valence electrons. The predicted octanol–water partition coefficient (Wildman–Crippen LogP) is 5.73. The molecule has 0 radical (unpaired) electrons. The lowest BCUT2D eigenvalue weighted by Crippen LogP contribution is -2.35. The number of aromatic amines is 1. The molecule has 2 amide bonds. The zero-order valence-corrected chi connectivity index (χ0v) is 23.7. The molecule has 1 aliphatic heterocycles. The Morgan fingerprint density at radius 2 is 1.38 bits per heavy atom. The first kappa shape index (κ1) is 29.9. The second-order valence-corrected chi connectivity index (χ2v) is 9.94. The van der Waals surface area contributed by atoms with Gasteiger partial charge in [0, 0.05) is 41.1 Å². The van der Waals surface area contributed by atoms with Gasteiger partial charge < -0.3 is 20.9 Å². The molecule has 1 aromatic heterocycles. The van der Waals surface area contributed by atoms with Gasteiger partial charge in [0.1, 0.15) is 17.2 Å². The standard InChI is InChI=1S/C28H28ClN7O6/c1-4-5-14-21-33-25(26(29)34-21)24-22(27(37)31-17-10-6-8-12-19(17)35(39)40)15(2)30-16(3)23(24)28(38)32-18-11-7-9-13-20(18)36(41)42/h6-13,24,30H,4-5,14H2,1-3H3,(H,31,37)(H,32,38)(H,33,34). The summed E-state index contributed by atoms with van der Waals surface area (Å²) >= 11 is 6.60. The van der Waals surface area contributed by atoms with Crippen LogP contribution in [-0.2, 0) is 16.0 Å². The number of carbonyl (C=O) groups is 2. The van der Waals surface area contributed by atoms with Gasteiger partial charge in [0.2, 0.25) is 0 Å². The van der Waals surface area contributed by atoms with E-state index in [9.17, 15) is 29.8 Å². The molecule has 13 nitrogen and oxygen atoms in total. The number of amides is 2. The number of H-pyrrole nitrogens is 1. The molecule has 4 rings (SSSR count). The van der Waals surface area contributed by atoms with Gasteiger partial charge in [-0.25, -0.2) is 4.98 Å². The Balaban J connectivity index is 1.82. The number of rotatable bonds is 10. The predicted molar refractivity (Wildman–Crippen MR) is 157 cm³/mol. The van der Waals surface area contributed by atoms with Gasteiger partial charge in [-0.3, -0.25) is 29.8 Å². The van der Waals surface area contributed by atoms with Crippen molar-refractivity contribution in [3.8, 4) is 0 Å². The van der Waals surface area contributed by atoms with E-state index < -0.39 is 27.6 Å². The third kappa shape index (κ3) is 6.15. The van der Waals surface area contributed by atoms with Crippen molar-refractivity contribution in [1.29, 1.82) is 0 Å². The molecular formula is C28H28ClN7O6. The number of nitrogens with one attached hydrogen (secondary N) is 4. The van der Waals surface area contributed by atoms with E-state index in [0.29, 0.717) is 23.6 Å². The number of halogens is 1. The average molecular weight is 594 g/mol. The van der Waals surface area contributed by atoms with Crippen LogP contribution in [0.3, 0.4) is 0 Å². The van der Waals surface area contributed by atoms with Crippen molar-refractivity contribution >= 4 is 46.2 Å². The largest absolute Gasteiger partial charge is 0.362 e. The van der Waals surface area contributed by atoms with Gasteiger partial charge in [0.05, 0.1) is 21.5 Å². The average Bonchev–Trinajstić information content (AvgIpc) is 3.31. The lowest BCUT2D eigenvalue weighted by atomic mass is 9.82. The van der Waals surface area contributed by atoms with E-state index in [4.69, 9.17) is 11.6 Å². The number of hydrogen-bond acceptors (Lipinski definition) is 8. The van der Waals surface area contributed by atoms with Crippen LogP contribution in [0.1, 0.15) is 51.0 Å². The van der Waals surface area contributed by atoms with Gasteiger partial charge in [0.25, 0.3) is 23.2 Å². The first-order valence-corrected chi connectivity index (χ1v) is 13.4. The number of anilines is 2. The van der Waals surface area contributed by atoms with Crippen molar-refractivity contribution in [3.63, 3.8) is 0 Å². The first-order valence-electron chi connectivity index (χ1n) is 13.1. The Morgan fingerprint density at radius 1 is 0.905 bits per heavy atom. The van der Waals surface area contributed by atoms with E-state index in [1.54, 1.807) is 26.0 Å². The molecule has 0 atom stereocenters. The summed E-state index contributed by atoms with van der Waals surface area (Å²) in [5, 5.41) is 31.5. The highest BCUT2D eigenvalue weighted by Crippen LogP contribution is 2.41. The summed E-state index contributed by atoms with van der Waals surface area (Å²) in [4.78, 5) is 57.2. The molecule has 0 saturated heterocycles. The Labute approximate surface area is 245 Å². The van der Waals surface area contributed by atoms with E-state index in [1.807, 2.05) is 6.92 Å². The minimum absolute atomic E-state index is 0.0388. The van der Waals surface area contributed by atoms with Gasteiger partial charge >= 0.3 is 0 Å². The van der Waals surface area contributed by atoms with E-state index in [2.05, 4.69) is 25.9 Å². The molecule has 2 heterocycles. The Kier molecular flexibility index (Phi) is 9.01. The molecular weight excluding hydrogens is 566 g/mol. The van der Waals surface area contributed by atoms with Crippen molar-refractivity contribution in [2.75, 3.05) is 10.6 Å². The summed E-state index contributed by atoms with van der Waals surface area (Å²) in [6.45, 7) is 5.28. The number of carbonyl (C=O) groups excluding carboxylic acids is 2. The van der Waals surface area contributed by atoms with Crippen LogP contribution in [0.4, 0.5) is 22.7 Å². The number of unbranched alkanes of at least 4 members (excludes halogenated alkanes) is 1. The molecule has 0 fully saturated rings. The van der Waals surface area contributed by atoms with Gasteiger partial charge in [0.15, 0.2) is 5.15 Å². The van der Waals surface area contributed by atoms with Crippen LogP contribution in [0, 0.1) is 20.2 Å². The highest BCUT2D eigenvalue weighted by molar-refractivity contribution is 6.30. The molecule has 0 bridgehead atoms. The third-order valence-corrected chi connectivity index (χ3v) is 7.03. The summed E-state index contributed by atoms with van der Waals surface area (Å²) in [5.74, 6) is -1.98. The monoisotopic (exact) mass is 593 g/mol. The fourth-order valence-corrected chi connectivity index (χ4v) is 5.07. The van der Waals surface area contributed by atoms with E-state index in [-0.39, 0.29) is 44.7 Å². The number of nitro benzene ring substituents is 2. The number of hydrogen-bond donors (Lipinski definition) is 4. The van der Waals surface area contributed by atoms with Crippen LogP contribution in [0.25, 0.3) is 0 Å². The van der Waals surface area contributed by atoms with Gasteiger partial charge in [-0.05, 0) is 32.4 Å². The number of aryl methyl sites for hydroxylation is 1. The van der Waals surface area contributed by atoms with Crippen molar-refractivity contribution in [1.82, 2.24) is 15.3 Å². The van der Waals surface area contributed by atoms with Gasteiger partial charge in [-0.2, -0.15) is 0 Å².